The minimum absolute atomic E-state index is 0.640. The van der Waals surface area contributed by atoms with Gasteiger partial charge in [-0.05, 0) is 75.4 Å². The van der Waals surface area contributed by atoms with Gasteiger partial charge in [0.2, 0.25) is 0 Å². The molecule has 3 atom stereocenters. The fraction of sp³-hybridized carbons (Fsp3) is 0.571. The standard InChI is InChI=1S/C21H28ClN3/c22-21-19(23-15-24-21)7-4-11-25-12-10-18-14-17(8-9-20(18)25)13-16-5-2-1-3-6-16/h1-3,5-6,15,17-18,20H,4,7-14H2,(H,23,24)/t17-,18-,20+/m0/s1. The summed E-state index contributed by atoms with van der Waals surface area (Å²) in [6, 6.07) is 11.9. The lowest BCUT2D eigenvalue weighted by molar-refractivity contribution is 0.150. The van der Waals surface area contributed by atoms with Crippen molar-refractivity contribution in [3.8, 4) is 0 Å². The number of halogens is 1. The number of benzene rings is 1. The molecule has 1 aromatic carbocycles. The van der Waals surface area contributed by atoms with E-state index in [1.165, 1.54) is 57.2 Å². The van der Waals surface area contributed by atoms with Crippen molar-refractivity contribution >= 4 is 11.6 Å². The van der Waals surface area contributed by atoms with E-state index in [1.807, 2.05) is 0 Å². The van der Waals surface area contributed by atoms with Gasteiger partial charge in [0.1, 0.15) is 5.15 Å². The van der Waals surface area contributed by atoms with Crippen LogP contribution in [0.4, 0.5) is 0 Å². The van der Waals surface area contributed by atoms with Gasteiger partial charge in [-0.15, -0.1) is 0 Å². The number of aryl methyl sites for hydroxylation is 1. The van der Waals surface area contributed by atoms with Crippen molar-refractivity contribution in [2.75, 3.05) is 13.1 Å². The van der Waals surface area contributed by atoms with E-state index >= 15 is 0 Å². The van der Waals surface area contributed by atoms with Gasteiger partial charge in [-0.25, -0.2) is 4.98 Å². The molecule has 1 aliphatic heterocycles. The SMILES string of the molecule is Clc1nc[nH]c1CCCN1CC[C@H]2C[C@H](Cc3ccccc3)CC[C@H]21. The number of H-pyrrole nitrogens is 1. The molecule has 25 heavy (non-hydrogen) atoms. The summed E-state index contributed by atoms with van der Waals surface area (Å²) < 4.78 is 0. The number of aromatic amines is 1. The van der Waals surface area contributed by atoms with E-state index in [0.717, 1.165) is 30.0 Å². The number of nitrogens with zero attached hydrogens (tertiary/aromatic N) is 2. The predicted octanol–water partition coefficient (Wildman–Crippen LogP) is 4.73. The maximum atomic E-state index is 6.07. The van der Waals surface area contributed by atoms with Gasteiger partial charge in [0.25, 0.3) is 0 Å². The van der Waals surface area contributed by atoms with Gasteiger partial charge < -0.3 is 9.88 Å². The Bertz CT molecular complexity index is 669. The zero-order valence-corrected chi connectivity index (χ0v) is 15.6. The predicted molar refractivity (Wildman–Crippen MR) is 103 cm³/mol. The van der Waals surface area contributed by atoms with E-state index in [2.05, 4.69) is 45.2 Å². The molecule has 3 nitrogen and oxygen atoms in total. The van der Waals surface area contributed by atoms with Gasteiger partial charge in [0.05, 0.1) is 12.0 Å². The maximum absolute atomic E-state index is 6.07. The van der Waals surface area contributed by atoms with Crippen molar-refractivity contribution in [3.05, 3.63) is 53.1 Å². The molecule has 2 fully saturated rings. The topological polar surface area (TPSA) is 31.9 Å². The zero-order chi connectivity index (χ0) is 17.1. The first-order chi connectivity index (χ1) is 12.3. The van der Waals surface area contributed by atoms with Crippen LogP contribution in [0.5, 0.6) is 0 Å². The Hall–Kier alpha value is -1.32. The molecule has 2 heterocycles. The molecule has 1 saturated heterocycles. The van der Waals surface area contributed by atoms with E-state index in [0.29, 0.717) is 5.15 Å². The van der Waals surface area contributed by atoms with Gasteiger partial charge in [0.15, 0.2) is 0 Å². The van der Waals surface area contributed by atoms with E-state index in [-0.39, 0.29) is 0 Å². The number of aromatic nitrogens is 2. The molecule has 0 spiro atoms. The number of hydrogen-bond donors (Lipinski definition) is 1. The number of nitrogens with one attached hydrogen (secondary N) is 1. The Kier molecular flexibility index (Phi) is 5.42. The fourth-order valence-corrected chi connectivity index (χ4v) is 5.18. The summed E-state index contributed by atoms with van der Waals surface area (Å²) in [5, 5.41) is 0.640. The molecular formula is C21H28ClN3. The molecule has 4 heteroatoms. The van der Waals surface area contributed by atoms with Crippen LogP contribution in [0.1, 0.15) is 43.4 Å². The van der Waals surface area contributed by atoms with Crippen molar-refractivity contribution in [2.45, 2.75) is 51.0 Å². The lowest BCUT2D eigenvalue weighted by Gasteiger charge is -2.36. The van der Waals surface area contributed by atoms with Gasteiger partial charge >= 0.3 is 0 Å². The highest BCUT2D eigenvalue weighted by molar-refractivity contribution is 6.30. The summed E-state index contributed by atoms with van der Waals surface area (Å²) in [5.41, 5.74) is 2.60. The Balaban J connectivity index is 1.25. The quantitative estimate of drug-likeness (QED) is 0.810. The number of hydrogen-bond acceptors (Lipinski definition) is 2. The van der Waals surface area contributed by atoms with Crippen molar-refractivity contribution < 1.29 is 0 Å². The maximum Gasteiger partial charge on any atom is 0.150 e. The van der Waals surface area contributed by atoms with E-state index in [1.54, 1.807) is 6.33 Å². The highest BCUT2D eigenvalue weighted by atomic mass is 35.5. The zero-order valence-electron chi connectivity index (χ0n) is 14.8. The summed E-state index contributed by atoms with van der Waals surface area (Å²) >= 11 is 6.07. The summed E-state index contributed by atoms with van der Waals surface area (Å²) in [7, 11) is 0. The molecule has 134 valence electrons. The number of imidazole rings is 1. The summed E-state index contributed by atoms with van der Waals surface area (Å²) in [5.74, 6) is 1.80. The molecular weight excluding hydrogens is 330 g/mol. The highest BCUT2D eigenvalue weighted by Gasteiger charge is 2.38. The van der Waals surface area contributed by atoms with Crippen LogP contribution in [-0.4, -0.2) is 34.0 Å². The first kappa shape index (κ1) is 17.1. The number of fused-ring (bicyclic) bond motifs is 1. The van der Waals surface area contributed by atoms with Crippen LogP contribution in [0.25, 0.3) is 0 Å². The first-order valence-corrected chi connectivity index (χ1v) is 10.1. The third-order valence-corrected chi connectivity index (χ3v) is 6.54. The van der Waals surface area contributed by atoms with Gasteiger partial charge in [-0.3, -0.25) is 0 Å². The molecule has 1 saturated carbocycles. The lowest BCUT2D eigenvalue weighted by Crippen LogP contribution is -2.37. The molecule has 0 unspecified atom stereocenters. The van der Waals surface area contributed by atoms with Crippen LogP contribution < -0.4 is 0 Å². The van der Waals surface area contributed by atoms with E-state index in [4.69, 9.17) is 11.6 Å². The smallest absolute Gasteiger partial charge is 0.150 e. The van der Waals surface area contributed by atoms with Crippen LogP contribution in [0.15, 0.2) is 36.7 Å². The summed E-state index contributed by atoms with van der Waals surface area (Å²) in [4.78, 5) is 9.97. The van der Waals surface area contributed by atoms with Gasteiger partial charge in [-0.2, -0.15) is 0 Å². The molecule has 4 rings (SSSR count). The molecule has 0 amide bonds. The Morgan fingerprint density at radius 2 is 2.04 bits per heavy atom. The van der Waals surface area contributed by atoms with E-state index in [9.17, 15) is 0 Å². The average Bonchev–Trinajstić information content (AvgIpc) is 3.22. The number of likely N-dealkylation sites (tertiary alicyclic amines) is 1. The highest BCUT2D eigenvalue weighted by Crippen LogP contribution is 2.40. The number of rotatable bonds is 6. The molecule has 1 N–H and O–H groups in total. The molecule has 2 aliphatic rings. The van der Waals surface area contributed by atoms with Gasteiger partial charge in [0, 0.05) is 6.04 Å². The van der Waals surface area contributed by atoms with Crippen molar-refractivity contribution in [1.82, 2.24) is 14.9 Å². The van der Waals surface area contributed by atoms with Crippen LogP contribution in [0, 0.1) is 11.8 Å². The minimum Gasteiger partial charge on any atom is -0.347 e. The minimum atomic E-state index is 0.640. The van der Waals surface area contributed by atoms with Crippen molar-refractivity contribution in [2.24, 2.45) is 11.8 Å². The van der Waals surface area contributed by atoms with E-state index < -0.39 is 0 Å². The Labute approximate surface area is 155 Å². The third-order valence-electron chi connectivity index (χ3n) is 6.21. The van der Waals surface area contributed by atoms with Crippen LogP contribution in [0.2, 0.25) is 5.15 Å². The van der Waals surface area contributed by atoms with Crippen LogP contribution in [0.3, 0.4) is 0 Å². The van der Waals surface area contributed by atoms with Crippen molar-refractivity contribution in [3.63, 3.8) is 0 Å². The second-order valence-electron chi connectivity index (χ2n) is 7.80. The molecule has 1 aliphatic carbocycles. The second-order valence-corrected chi connectivity index (χ2v) is 8.15. The Morgan fingerprint density at radius 3 is 2.84 bits per heavy atom. The fourth-order valence-electron chi connectivity index (χ4n) is 4.98. The lowest BCUT2D eigenvalue weighted by atomic mass is 9.76. The summed E-state index contributed by atoms with van der Waals surface area (Å²) in [6.45, 7) is 2.48. The van der Waals surface area contributed by atoms with Crippen LogP contribution in [-0.2, 0) is 12.8 Å². The Morgan fingerprint density at radius 1 is 1.16 bits per heavy atom. The molecule has 2 aromatic rings. The molecule has 1 aromatic heterocycles. The normalized spacial score (nSPS) is 26.7. The van der Waals surface area contributed by atoms with Gasteiger partial charge in [-0.1, -0.05) is 41.9 Å². The van der Waals surface area contributed by atoms with Crippen LogP contribution >= 0.6 is 11.6 Å². The van der Waals surface area contributed by atoms with Crippen molar-refractivity contribution in [1.29, 1.82) is 0 Å². The largest absolute Gasteiger partial charge is 0.347 e. The molecule has 0 radical (unpaired) electrons. The summed E-state index contributed by atoms with van der Waals surface area (Å²) in [6.07, 6.45) is 10.7. The molecule has 0 bridgehead atoms. The third kappa shape index (κ3) is 4.09. The monoisotopic (exact) mass is 357 g/mol. The second kappa shape index (κ2) is 7.92. The first-order valence-electron chi connectivity index (χ1n) is 9.75. The average molecular weight is 358 g/mol.